The lowest BCUT2D eigenvalue weighted by atomic mass is 10.1. The van der Waals surface area contributed by atoms with Crippen molar-refractivity contribution in [3.63, 3.8) is 0 Å². The number of aromatic nitrogens is 4. The van der Waals surface area contributed by atoms with E-state index in [9.17, 15) is 14.7 Å². The minimum absolute atomic E-state index is 0.0119. The van der Waals surface area contributed by atoms with E-state index in [-0.39, 0.29) is 30.1 Å². The van der Waals surface area contributed by atoms with E-state index in [0.29, 0.717) is 17.8 Å². The number of benzene rings is 1. The smallest absolute Gasteiger partial charge is 0.320 e. The van der Waals surface area contributed by atoms with Crippen molar-refractivity contribution in [2.75, 3.05) is 12.3 Å². The van der Waals surface area contributed by atoms with Crippen LogP contribution in [0.1, 0.15) is 26.5 Å². The van der Waals surface area contributed by atoms with Gasteiger partial charge >= 0.3 is 12.6 Å². The molecule has 0 aliphatic carbocycles. The summed E-state index contributed by atoms with van der Waals surface area (Å²) in [6.45, 7) is 0.312. The topological polar surface area (TPSA) is 167 Å². The van der Waals surface area contributed by atoms with Crippen LogP contribution in [-0.2, 0) is 25.9 Å². The summed E-state index contributed by atoms with van der Waals surface area (Å²) in [5.41, 5.74) is 5.77. The first-order chi connectivity index (χ1) is 16.1. The quantitative estimate of drug-likeness (QED) is 0.312. The van der Waals surface area contributed by atoms with Crippen LogP contribution in [0, 0.1) is 5.92 Å². The van der Waals surface area contributed by atoms with Gasteiger partial charge in [-0.05, 0) is 37.3 Å². The number of H-pyrrole nitrogens is 1. The van der Waals surface area contributed by atoms with E-state index in [1.807, 2.05) is 13.0 Å². The average molecular weight is 508 g/mol. The van der Waals surface area contributed by atoms with Crippen LogP contribution in [-0.4, -0.2) is 49.3 Å². The standard InChI is InChI=1S/C20H25N6O6PS/c1-11-8-14(31-18(11)26-10-22-15-16(26)23-20(21)24-17(15)27)9-30-33(34,25-12(2)19(28)29)32-13-6-4-3-5-7-13/h3-7,10-12,14,18H,8-9H2,1-2H3,(H,25,34)(H,28,29)(H3,21,23,24,27)/t11-,12?,14-,18+,33?/m0/s1. The number of carboxylic acids is 1. The molecule has 0 radical (unpaired) electrons. The third-order valence-electron chi connectivity index (χ3n) is 5.30. The minimum Gasteiger partial charge on any atom is -0.480 e. The molecule has 12 nitrogen and oxygen atoms in total. The van der Waals surface area contributed by atoms with Gasteiger partial charge in [0.05, 0.1) is 19.0 Å². The Kier molecular flexibility index (Phi) is 7.01. The molecule has 0 amide bonds. The van der Waals surface area contributed by atoms with Crippen LogP contribution in [0.2, 0.25) is 0 Å². The molecule has 182 valence electrons. The third kappa shape index (κ3) is 5.29. The fourth-order valence-electron chi connectivity index (χ4n) is 3.68. The average Bonchev–Trinajstić information content (AvgIpc) is 3.36. The largest absolute Gasteiger partial charge is 0.480 e. The van der Waals surface area contributed by atoms with E-state index in [1.54, 1.807) is 28.8 Å². The lowest BCUT2D eigenvalue weighted by molar-refractivity contribution is -0.138. The number of carboxylic acid groups (broad SMARTS) is 1. The number of para-hydroxylation sites is 1. The van der Waals surface area contributed by atoms with Gasteiger partial charge in [-0.2, -0.15) is 4.98 Å². The summed E-state index contributed by atoms with van der Waals surface area (Å²) in [4.78, 5) is 34.2. The molecule has 3 heterocycles. The van der Waals surface area contributed by atoms with Crippen molar-refractivity contribution < 1.29 is 23.7 Å². The molecule has 5 N–H and O–H groups in total. The Morgan fingerprint density at radius 2 is 2.21 bits per heavy atom. The summed E-state index contributed by atoms with van der Waals surface area (Å²) >= 11 is 5.60. The number of imidazole rings is 1. The first kappa shape index (κ1) is 24.3. The summed E-state index contributed by atoms with van der Waals surface area (Å²) < 4.78 is 19.7. The van der Waals surface area contributed by atoms with Gasteiger partial charge in [-0.3, -0.25) is 19.1 Å². The van der Waals surface area contributed by atoms with Crippen molar-refractivity contribution in [2.45, 2.75) is 38.6 Å². The molecule has 5 atom stereocenters. The Morgan fingerprint density at radius 1 is 1.47 bits per heavy atom. The van der Waals surface area contributed by atoms with Crippen LogP contribution in [0.5, 0.6) is 5.75 Å². The number of anilines is 1. The fraction of sp³-hybridized carbons (Fsp3) is 0.400. The second-order valence-electron chi connectivity index (χ2n) is 8.02. The molecule has 1 fully saturated rings. The number of aromatic amines is 1. The summed E-state index contributed by atoms with van der Waals surface area (Å²) in [6, 6.07) is 7.84. The third-order valence-corrected chi connectivity index (χ3v) is 7.80. The predicted octanol–water partition coefficient (Wildman–Crippen LogP) is 2.01. The fourth-order valence-corrected chi connectivity index (χ4v) is 6.12. The number of aliphatic carboxylic acids is 1. The number of ether oxygens (including phenoxy) is 1. The molecular weight excluding hydrogens is 483 g/mol. The van der Waals surface area contributed by atoms with Crippen molar-refractivity contribution in [2.24, 2.45) is 5.92 Å². The zero-order valence-corrected chi connectivity index (χ0v) is 20.2. The molecule has 2 unspecified atom stereocenters. The van der Waals surface area contributed by atoms with Gasteiger partial charge in [0.2, 0.25) is 5.95 Å². The lowest BCUT2D eigenvalue weighted by Crippen LogP contribution is -2.34. The first-order valence-electron chi connectivity index (χ1n) is 10.5. The molecule has 0 spiro atoms. The highest BCUT2D eigenvalue weighted by Crippen LogP contribution is 2.46. The highest BCUT2D eigenvalue weighted by atomic mass is 32.5. The van der Waals surface area contributed by atoms with Gasteiger partial charge in [0.15, 0.2) is 11.2 Å². The number of nitrogens with one attached hydrogen (secondary N) is 2. The van der Waals surface area contributed by atoms with Crippen LogP contribution in [0.25, 0.3) is 11.2 Å². The van der Waals surface area contributed by atoms with E-state index < -0.39 is 30.4 Å². The predicted molar refractivity (Wildman–Crippen MR) is 128 cm³/mol. The van der Waals surface area contributed by atoms with Crippen LogP contribution < -0.4 is 20.9 Å². The summed E-state index contributed by atoms with van der Waals surface area (Å²) in [7, 11) is 0. The molecular formula is C20H25N6O6PS. The van der Waals surface area contributed by atoms with E-state index >= 15 is 0 Å². The lowest BCUT2D eigenvalue weighted by Gasteiger charge is -2.26. The Balaban J connectivity index is 1.49. The molecule has 2 aromatic heterocycles. The minimum atomic E-state index is -3.23. The molecule has 14 heteroatoms. The van der Waals surface area contributed by atoms with Crippen LogP contribution >= 0.6 is 6.64 Å². The van der Waals surface area contributed by atoms with Gasteiger partial charge in [0, 0.05) is 5.92 Å². The van der Waals surface area contributed by atoms with Crippen molar-refractivity contribution >= 4 is 41.5 Å². The highest BCUT2D eigenvalue weighted by molar-refractivity contribution is 8.09. The van der Waals surface area contributed by atoms with Gasteiger partial charge in [-0.1, -0.05) is 25.1 Å². The number of nitrogens with zero attached hydrogens (tertiary/aromatic N) is 3. The van der Waals surface area contributed by atoms with E-state index in [2.05, 4.69) is 20.0 Å². The van der Waals surface area contributed by atoms with Crippen LogP contribution in [0.3, 0.4) is 0 Å². The Bertz CT molecular complexity index is 1280. The van der Waals surface area contributed by atoms with Crippen molar-refractivity contribution in [3.05, 3.63) is 47.0 Å². The number of carbonyl (C=O) groups is 1. The highest BCUT2D eigenvalue weighted by Gasteiger charge is 2.37. The second kappa shape index (κ2) is 9.80. The second-order valence-corrected chi connectivity index (χ2v) is 11.2. The van der Waals surface area contributed by atoms with Crippen LogP contribution in [0.4, 0.5) is 5.95 Å². The number of rotatable bonds is 9. The van der Waals surface area contributed by atoms with Crippen LogP contribution in [0.15, 0.2) is 41.5 Å². The summed E-state index contributed by atoms with van der Waals surface area (Å²) in [5, 5.41) is 12.1. The maximum atomic E-state index is 12.1. The Labute approximate surface area is 199 Å². The normalized spacial score (nSPS) is 22.9. The molecule has 0 saturated carbocycles. The van der Waals surface area contributed by atoms with Gasteiger partial charge in [0.25, 0.3) is 5.56 Å². The van der Waals surface area contributed by atoms with Crippen molar-refractivity contribution in [3.8, 4) is 5.75 Å². The zero-order chi connectivity index (χ0) is 24.5. The monoisotopic (exact) mass is 508 g/mol. The number of fused-ring (bicyclic) bond motifs is 1. The summed E-state index contributed by atoms with van der Waals surface area (Å²) in [6.07, 6.45) is 1.31. The number of hydrogen-bond donors (Lipinski definition) is 4. The number of nitrogens with two attached hydrogens (primary N) is 1. The van der Waals surface area contributed by atoms with Gasteiger partial charge < -0.3 is 24.6 Å². The van der Waals surface area contributed by atoms with E-state index in [4.69, 9.17) is 31.3 Å². The maximum Gasteiger partial charge on any atom is 0.320 e. The Morgan fingerprint density at radius 3 is 2.91 bits per heavy atom. The SMILES string of the molecule is CC(NP(=S)(OC[C@@H]1C[C@H](C)[C@H](n2cnc3c(=O)[nH]c(N)nc32)O1)Oc1ccccc1)C(=O)O. The first-order valence-corrected chi connectivity index (χ1v) is 13.2. The van der Waals surface area contributed by atoms with E-state index in [1.165, 1.54) is 13.3 Å². The number of nitrogen functional groups attached to an aromatic ring is 1. The molecule has 3 aromatic rings. The molecule has 1 aromatic carbocycles. The van der Waals surface area contributed by atoms with Gasteiger partial charge in [0.1, 0.15) is 18.0 Å². The number of hydrogen-bond acceptors (Lipinski definition) is 9. The molecule has 1 aliphatic rings. The van der Waals surface area contributed by atoms with E-state index in [0.717, 1.165) is 0 Å². The molecule has 1 aliphatic heterocycles. The maximum absolute atomic E-state index is 12.1. The van der Waals surface area contributed by atoms with Crippen molar-refractivity contribution in [1.29, 1.82) is 0 Å². The molecule has 1 saturated heterocycles. The molecule has 4 rings (SSSR count). The Hall–Kier alpha value is -2.83. The summed E-state index contributed by atoms with van der Waals surface area (Å²) in [5.74, 6) is -0.586. The molecule has 34 heavy (non-hydrogen) atoms. The van der Waals surface area contributed by atoms with Gasteiger partial charge in [-0.25, -0.2) is 10.1 Å². The molecule has 0 bridgehead atoms. The van der Waals surface area contributed by atoms with Crippen molar-refractivity contribution in [1.82, 2.24) is 24.6 Å². The van der Waals surface area contributed by atoms with Gasteiger partial charge in [-0.15, -0.1) is 0 Å². The zero-order valence-electron chi connectivity index (χ0n) is 18.5.